The fraction of sp³-hybridized carbons (Fsp3) is 0.346. The summed E-state index contributed by atoms with van der Waals surface area (Å²) >= 11 is 0. The van der Waals surface area contributed by atoms with Crippen LogP contribution >= 0.6 is 0 Å². The van der Waals surface area contributed by atoms with Gasteiger partial charge in [0, 0.05) is 13.0 Å². The van der Waals surface area contributed by atoms with Gasteiger partial charge in [-0.2, -0.15) is 0 Å². The van der Waals surface area contributed by atoms with Crippen molar-refractivity contribution in [3.63, 3.8) is 0 Å². The van der Waals surface area contributed by atoms with Crippen molar-refractivity contribution in [3.8, 4) is 5.75 Å². The van der Waals surface area contributed by atoms with Gasteiger partial charge in [0.1, 0.15) is 11.3 Å². The lowest BCUT2D eigenvalue weighted by Crippen LogP contribution is -2.30. The number of carbonyl (C=O) groups is 5. The molecule has 3 amide bonds. The second-order valence-corrected chi connectivity index (χ2v) is 7.84. The maximum Gasteiger partial charge on any atom is 0.342 e. The van der Waals surface area contributed by atoms with Crippen LogP contribution in [0.1, 0.15) is 63.3 Å². The molecule has 0 bridgehead atoms. The quantitative estimate of drug-likeness (QED) is 0.270. The number of esters is 2. The summed E-state index contributed by atoms with van der Waals surface area (Å²) in [5, 5.41) is 2.57. The van der Waals surface area contributed by atoms with Gasteiger partial charge in [-0.1, -0.05) is 18.2 Å². The SMILES string of the molecule is CCOC(=O)CCCNC(=O)COC(=O)c1cc(CN2C(=O)c3ccccc3C2=O)ccc1OCC. The highest BCUT2D eigenvalue weighted by Gasteiger charge is 2.35. The fourth-order valence-corrected chi connectivity index (χ4v) is 3.64. The third-order valence-corrected chi connectivity index (χ3v) is 5.30. The molecule has 0 aliphatic carbocycles. The fourth-order valence-electron chi connectivity index (χ4n) is 3.64. The van der Waals surface area contributed by atoms with Crippen LogP contribution in [0.3, 0.4) is 0 Å². The molecule has 0 unspecified atom stereocenters. The number of hydrogen-bond acceptors (Lipinski definition) is 8. The van der Waals surface area contributed by atoms with Crippen molar-refractivity contribution in [3.05, 3.63) is 64.7 Å². The highest BCUT2D eigenvalue weighted by Crippen LogP contribution is 2.27. The Morgan fingerprint density at radius 2 is 1.61 bits per heavy atom. The Balaban J connectivity index is 1.61. The van der Waals surface area contributed by atoms with E-state index in [1.165, 1.54) is 6.07 Å². The molecule has 1 N–H and O–H groups in total. The second-order valence-electron chi connectivity index (χ2n) is 7.84. The van der Waals surface area contributed by atoms with E-state index in [9.17, 15) is 24.0 Å². The Morgan fingerprint density at radius 1 is 0.917 bits per heavy atom. The zero-order chi connectivity index (χ0) is 26.1. The summed E-state index contributed by atoms with van der Waals surface area (Å²) in [4.78, 5) is 62.5. The molecule has 3 rings (SSSR count). The van der Waals surface area contributed by atoms with Gasteiger partial charge in [-0.3, -0.25) is 24.1 Å². The molecule has 0 saturated heterocycles. The minimum Gasteiger partial charge on any atom is -0.493 e. The number of ether oxygens (including phenoxy) is 3. The summed E-state index contributed by atoms with van der Waals surface area (Å²) in [7, 11) is 0. The summed E-state index contributed by atoms with van der Waals surface area (Å²) in [5.41, 5.74) is 1.26. The Morgan fingerprint density at radius 3 is 2.25 bits per heavy atom. The maximum atomic E-state index is 12.7. The molecule has 0 spiro atoms. The molecule has 190 valence electrons. The van der Waals surface area contributed by atoms with Crippen molar-refractivity contribution in [1.82, 2.24) is 10.2 Å². The van der Waals surface area contributed by atoms with E-state index in [-0.39, 0.29) is 36.8 Å². The van der Waals surface area contributed by atoms with Gasteiger partial charge in [-0.25, -0.2) is 4.79 Å². The van der Waals surface area contributed by atoms with Crippen LogP contribution in [-0.2, 0) is 25.6 Å². The highest BCUT2D eigenvalue weighted by molar-refractivity contribution is 6.21. The van der Waals surface area contributed by atoms with Crippen LogP contribution in [0.25, 0.3) is 0 Å². The van der Waals surface area contributed by atoms with E-state index in [1.54, 1.807) is 50.2 Å². The molecule has 2 aromatic carbocycles. The first-order valence-corrected chi connectivity index (χ1v) is 11.7. The topological polar surface area (TPSA) is 128 Å². The number of amides is 3. The summed E-state index contributed by atoms with van der Waals surface area (Å²) < 4.78 is 15.5. The minimum atomic E-state index is -0.788. The standard InChI is InChI=1S/C26H28N2O8/c1-3-34-21-12-11-17(15-28-24(31)18-8-5-6-9-19(18)25(28)32)14-20(21)26(33)36-16-22(29)27-13-7-10-23(30)35-4-2/h5-6,8-9,11-12,14H,3-4,7,10,13,15-16H2,1-2H3,(H,27,29). The molecule has 0 fully saturated rings. The smallest absolute Gasteiger partial charge is 0.342 e. The van der Waals surface area contributed by atoms with Gasteiger partial charge in [0.05, 0.1) is 30.9 Å². The summed E-state index contributed by atoms with van der Waals surface area (Å²) in [6.07, 6.45) is 0.568. The maximum absolute atomic E-state index is 12.7. The minimum absolute atomic E-state index is 0.0417. The zero-order valence-corrected chi connectivity index (χ0v) is 20.2. The molecule has 0 saturated carbocycles. The van der Waals surface area contributed by atoms with Crippen LogP contribution in [0.5, 0.6) is 5.75 Å². The Bertz CT molecular complexity index is 1130. The summed E-state index contributed by atoms with van der Waals surface area (Å²) in [6, 6.07) is 11.3. The van der Waals surface area contributed by atoms with E-state index in [0.29, 0.717) is 36.3 Å². The predicted molar refractivity (Wildman–Crippen MR) is 127 cm³/mol. The Labute approximate surface area is 208 Å². The molecule has 0 radical (unpaired) electrons. The normalized spacial score (nSPS) is 12.2. The number of nitrogens with one attached hydrogen (secondary N) is 1. The molecular formula is C26H28N2O8. The van der Waals surface area contributed by atoms with E-state index < -0.39 is 30.3 Å². The van der Waals surface area contributed by atoms with Crippen molar-refractivity contribution in [2.75, 3.05) is 26.4 Å². The van der Waals surface area contributed by atoms with E-state index in [1.807, 2.05) is 0 Å². The van der Waals surface area contributed by atoms with Gasteiger partial charge in [0.2, 0.25) is 0 Å². The van der Waals surface area contributed by atoms with Gasteiger partial charge in [-0.05, 0) is 50.1 Å². The van der Waals surface area contributed by atoms with E-state index in [2.05, 4.69) is 5.32 Å². The van der Waals surface area contributed by atoms with Crippen molar-refractivity contribution < 1.29 is 38.2 Å². The molecule has 0 aromatic heterocycles. The first kappa shape index (κ1) is 26.4. The van der Waals surface area contributed by atoms with Crippen molar-refractivity contribution in [2.45, 2.75) is 33.2 Å². The number of carbonyl (C=O) groups excluding carboxylic acids is 5. The number of hydrogen-bond donors (Lipinski definition) is 1. The van der Waals surface area contributed by atoms with E-state index >= 15 is 0 Å². The van der Waals surface area contributed by atoms with Crippen LogP contribution in [0.15, 0.2) is 42.5 Å². The van der Waals surface area contributed by atoms with E-state index in [4.69, 9.17) is 14.2 Å². The highest BCUT2D eigenvalue weighted by atomic mass is 16.5. The molecule has 10 heteroatoms. The lowest BCUT2D eigenvalue weighted by molar-refractivity contribution is -0.143. The summed E-state index contributed by atoms with van der Waals surface area (Å²) in [6.45, 7) is 3.72. The van der Waals surface area contributed by atoms with Gasteiger partial charge >= 0.3 is 11.9 Å². The number of nitrogens with zero attached hydrogens (tertiary/aromatic N) is 1. The second kappa shape index (κ2) is 12.5. The van der Waals surface area contributed by atoms with Gasteiger partial charge in [0.15, 0.2) is 6.61 Å². The lowest BCUT2D eigenvalue weighted by Gasteiger charge is -2.16. The summed E-state index contributed by atoms with van der Waals surface area (Å²) in [5.74, 6) is -2.22. The molecular weight excluding hydrogens is 468 g/mol. The van der Waals surface area contributed by atoms with Crippen molar-refractivity contribution >= 4 is 29.7 Å². The first-order valence-electron chi connectivity index (χ1n) is 11.7. The van der Waals surface area contributed by atoms with Gasteiger partial charge in [-0.15, -0.1) is 0 Å². The predicted octanol–water partition coefficient (Wildman–Crippen LogP) is 2.50. The molecule has 1 aliphatic heterocycles. The molecule has 0 atom stereocenters. The van der Waals surface area contributed by atoms with Crippen LogP contribution < -0.4 is 10.1 Å². The molecule has 10 nitrogen and oxygen atoms in total. The first-order chi connectivity index (χ1) is 17.3. The Hall–Kier alpha value is -4.21. The average Bonchev–Trinajstić information content (AvgIpc) is 3.11. The van der Waals surface area contributed by atoms with Crippen LogP contribution in [0, 0.1) is 0 Å². The van der Waals surface area contributed by atoms with Crippen LogP contribution in [-0.4, -0.2) is 60.9 Å². The number of imide groups is 1. The van der Waals surface area contributed by atoms with Gasteiger partial charge in [0.25, 0.3) is 17.7 Å². The van der Waals surface area contributed by atoms with Crippen LogP contribution in [0.4, 0.5) is 0 Å². The third kappa shape index (κ3) is 6.47. The zero-order valence-electron chi connectivity index (χ0n) is 20.2. The van der Waals surface area contributed by atoms with Gasteiger partial charge < -0.3 is 19.5 Å². The monoisotopic (exact) mass is 496 g/mol. The lowest BCUT2D eigenvalue weighted by atomic mass is 10.1. The van der Waals surface area contributed by atoms with Crippen molar-refractivity contribution in [2.24, 2.45) is 0 Å². The largest absolute Gasteiger partial charge is 0.493 e. The van der Waals surface area contributed by atoms with Crippen molar-refractivity contribution in [1.29, 1.82) is 0 Å². The van der Waals surface area contributed by atoms with Crippen LogP contribution in [0.2, 0.25) is 0 Å². The number of fused-ring (bicyclic) bond motifs is 1. The molecule has 1 aliphatic rings. The average molecular weight is 497 g/mol. The van der Waals surface area contributed by atoms with E-state index in [0.717, 1.165) is 4.90 Å². The third-order valence-electron chi connectivity index (χ3n) is 5.30. The molecule has 1 heterocycles. The number of rotatable bonds is 12. The number of benzene rings is 2. The molecule has 36 heavy (non-hydrogen) atoms. The molecule has 2 aromatic rings. The Kier molecular flexibility index (Phi) is 9.15.